The Bertz CT molecular complexity index is 979. The molecule has 8 nitrogen and oxygen atoms in total. The summed E-state index contributed by atoms with van der Waals surface area (Å²) in [7, 11) is 4.44. The highest BCUT2D eigenvalue weighted by Crippen LogP contribution is 2.52. The van der Waals surface area contributed by atoms with E-state index >= 15 is 0 Å². The molecular weight excluding hydrogens is 380 g/mol. The number of methoxy groups -OCH3 is 3. The smallest absolute Gasteiger partial charge is 0.328 e. The van der Waals surface area contributed by atoms with Gasteiger partial charge in [-0.15, -0.1) is 0 Å². The van der Waals surface area contributed by atoms with Gasteiger partial charge in [-0.1, -0.05) is 12.1 Å². The first-order valence-electron chi connectivity index (χ1n) is 8.64. The standard InChI is InChI=1S/C21H20O8/c1-26-13-7-5-12(10-15(13)28-3)19-18(21(24)25)17-11(6-9-16(22)23)4-8-14(27-2)20(17)29-19/h4-10,18-19H,1-3H3,(H,22,23)(H,24,25). The van der Waals surface area contributed by atoms with Crippen molar-refractivity contribution in [3.8, 4) is 23.0 Å². The number of hydrogen-bond donors (Lipinski definition) is 2. The zero-order valence-electron chi connectivity index (χ0n) is 16.0. The monoisotopic (exact) mass is 400 g/mol. The zero-order valence-corrected chi connectivity index (χ0v) is 16.0. The predicted molar refractivity (Wildman–Crippen MR) is 103 cm³/mol. The third-order valence-corrected chi connectivity index (χ3v) is 4.68. The number of hydrogen-bond acceptors (Lipinski definition) is 6. The van der Waals surface area contributed by atoms with Crippen molar-refractivity contribution in [3.05, 3.63) is 53.1 Å². The fourth-order valence-corrected chi connectivity index (χ4v) is 3.39. The Balaban J connectivity index is 2.16. The molecular formula is C21H20O8. The number of ether oxygens (including phenoxy) is 4. The fraction of sp³-hybridized carbons (Fsp3) is 0.238. The summed E-state index contributed by atoms with van der Waals surface area (Å²) in [6.45, 7) is 0. The number of aliphatic carboxylic acids is 2. The topological polar surface area (TPSA) is 112 Å². The maximum Gasteiger partial charge on any atom is 0.328 e. The van der Waals surface area contributed by atoms with Crippen LogP contribution in [0.3, 0.4) is 0 Å². The second-order valence-corrected chi connectivity index (χ2v) is 6.24. The average Bonchev–Trinajstić information content (AvgIpc) is 3.12. The molecule has 1 aliphatic heterocycles. The van der Waals surface area contributed by atoms with E-state index in [-0.39, 0.29) is 5.75 Å². The van der Waals surface area contributed by atoms with Crippen LogP contribution in [0.15, 0.2) is 36.4 Å². The molecule has 3 rings (SSSR count). The molecule has 0 radical (unpaired) electrons. The summed E-state index contributed by atoms with van der Waals surface area (Å²) in [6.07, 6.45) is 1.43. The van der Waals surface area contributed by atoms with Gasteiger partial charge in [-0.25, -0.2) is 4.79 Å². The van der Waals surface area contributed by atoms with E-state index in [0.717, 1.165) is 6.08 Å². The number of carbonyl (C=O) groups is 2. The molecule has 2 N–H and O–H groups in total. The Kier molecular flexibility index (Phi) is 5.63. The maximum absolute atomic E-state index is 12.2. The first kappa shape index (κ1) is 20.1. The van der Waals surface area contributed by atoms with Crippen molar-refractivity contribution in [1.29, 1.82) is 0 Å². The third-order valence-electron chi connectivity index (χ3n) is 4.68. The van der Waals surface area contributed by atoms with Gasteiger partial charge < -0.3 is 29.2 Å². The Morgan fingerprint density at radius 1 is 0.966 bits per heavy atom. The van der Waals surface area contributed by atoms with Crippen molar-refractivity contribution >= 4 is 18.0 Å². The van der Waals surface area contributed by atoms with Crippen LogP contribution in [-0.4, -0.2) is 43.5 Å². The van der Waals surface area contributed by atoms with Gasteiger partial charge in [-0.05, 0) is 35.4 Å². The maximum atomic E-state index is 12.2. The van der Waals surface area contributed by atoms with Gasteiger partial charge in [0.15, 0.2) is 23.0 Å². The lowest BCUT2D eigenvalue weighted by molar-refractivity contribution is -0.140. The molecule has 1 heterocycles. The minimum Gasteiger partial charge on any atom is -0.493 e. The van der Waals surface area contributed by atoms with Crippen molar-refractivity contribution < 1.29 is 38.7 Å². The van der Waals surface area contributed by atoms with Gasteiger partial charge in [0.25, 0.3) is 0 Å². The molecule has 0 spiro atoms. The van der Waals surface area contributed by atoms with Crippen LogP contribution in [0.1, 0.15) is 28.7 Å². The molecule has 0 saturated carbocycles. The van der Waals surface area contributed by atoms with E-state index < -0.39 is 24.0 Å². The normalized spacial score (nSPS) is 17.5. The van der Waals surface area contributed by atoms with E-state index in [1.807, 2.05) is 0 Å². The Labute approximate surface area is 166 Å². The highest BCUT2D eigenvalue weighted by atomic mass is 16.5. The average molecular weight is 400 g/mol. The van der Waals surface area contributed by atoms with Gasteiger partial charge >= 0.3 is 11.9 Å². The SMILES string of the molecule is COc1ccc(C2Oc3c(OC)ccc(C=CC(=O)O)c3C2C(=O)O)cc1OC. The molecule has 152 valence electrons. The van der Waals surface area contributed by atoms with Gasteiger partial charge in [0.05, 0.1) is 21.3 Å². The van der Waals surface area contributed by atoms with Gasteiger partial charge in [0.2, 0.25) is 0 Å². The highest BCUT2D eigenvalue weighted by molar-refractivity contribution is 5.88. The van der Waals surface area contributed by atoms with E-state index in [9.17, 15) is 14.7 Å². The van der Waals surface area contributed by atoms with E-state index in [1.165, 1.54) is 27.4 Å². The molecule has 29 heavy (non-hydrogen) atoms. The minimum atomic E-state index is -1.14. The van der Waals surface area contributed by atoms with Gasteiger partial charge in [0, 0.05) is 11.6 Å². The van der Waals surface area contributed by atoms with Crippen LogP contribution >= 0.6 is 0 Å². The van der Waals surface area contributed by atoms with Crippen LogP contribution in [-0.2, 0) is 9.59 Å². The molecule has 0 amide bonds. The molecule has 0 saturated heterocycles. The lowest BCUT2D eigenvalue weighted by Crippen LogP contribution is -2.19. The number of carboxylic acids is 2. The van der Waals surface area contributed by atoms with E-state index in [2.05, 4.69) is 0 Å². The summed E-state index contributed by atoms with van der Waals surface area (Å²) >= 11 is 0. The summed E-state index contributed by atoms with van der Waals surface area (Å²) in [5, 5.41) is 18.9. The Morgan fingerprint density at radius 2 is 1.62 bits per heavy atom. The third kappa shape index (κ3) is 3.69. The minimum absolute atomic E-state index is 0.271. The Morgan fingerprint density at radius 3 is 2.21 bits per heavy atom. The van der Waals surface area contributed by atoms with E-state index in [0.29, 0.717) is 33.9 Å². The molecule has 2 aromatic carbocycles. The summed E-state index contributed by atoms with van der Waals surface area (Å²) in [6, 6.07) is 8.24. The highest BCUT2D eigenvalue weighted by Gasteiger charge is 2.44. The zero-order chi connectivity index (χ0) is 21.1. The van der Waals surface area contributed by atoms with Crippen molar-refractivity contribution in [1.82, 2.24) is 0 Å². The fourth-order valence-electron chi connectivity index (χ4n) is 3.39. The van der Waals surface area contributed by atoms with Crippen molar-refractivity contribution in [2.75, 3.05) is 21.3 Å². The van der Waals surface area contributed by atoms with Crippen LogP contribution in [0.25, 0.3) is 6.08 Å². The molecule has 0 aromatic heterocycles. The van der Waals surface area contributed by atoms with Gasteiger partial charge in [-0.2, -0.15) is 0 Å². The molecule has 0 bridgehead atoms. The largest absolute Gasteiger partial charge is 0.493 e. The summed E-state index contributed by atoms with van der Waals surface area (Å²) in [5.41, 5.74) is 1.36. The molecule has 2 unspecified atom stereocenters. The Hall–Kier alpha value is -3.68. The van der Waals surface area contributed by atoms with Crippen LogP contribution in [0.2, 0.25) is 0 Å². The predicted octanol–water partition coefficient (Wildman–Crippen LogP) is 3.11. The number of benzene rings is 2. The van der Waals surface area contributed by atoms with Crippen molar-refractivity contribution in [2.24, 2.45) is 0 Å². The second-order valence-electron chi connectivity index (χ2n) is 6.24. The molecule has 1 aliphatic rings. The first-order valence-corrected chi connectivity index (χ1v) is 8.64. The number of rotatable bonds is 7. The summed E-state index contributed by atoms with van der Waals surface area (Å²) in [5.74, 6) is -1.76. The number of carboxylic acid groups (broad SMARTS) is 2. The second kappa shape index (κ2) is 8.14. The quantitative estimate of drug-likeness (QED) is 0.682. The van der Waals surface area contributed by atoms with E-state index in [1.54, 1.807) is 30.3 Å². The lowest BCUT2D eigenvalue weighted by atomic mass is 9.88. The summed E-state index contributed by atoms with van der Waals surface area (Å²) in [4.78, 5) is 23.1. The summed E-state index contributed by atoms with van der Waals surface area (Å²) < 4.78 is 21.9. The van der Waals surface area contributed by atoms with E-state index in [4.69, 9.17) is 24.1 Å². The molecule has 0 aliphatic carbocycles. The molecule has 8 heteroatoms. The lowest BCUT2D eigenvalue weighted by Gasteiger charge is -2.18. The van der Waals surface area contributed by atoms with Gasteiger partial charge in [-0.3, -0.25) is 4.79 Å². The van der Waals surface area contributed by atoms with Crippen LogP contribution in [0, 0.1) is 0 Å². The molecule has 2 atom stereocenters. The van der Waals surface area contributed by atoms with Crippen LogP contribution in [0.5, 0.6) is 23.0 Å². The van der Waals surface area contributed by atoms with Crippen LogP contribution in [0.4, 0.5) is 0 Å². The van der Waals surface area contributed by atoms with Crippen molar-refractivity contribution in [2.45, 2.75) is 12.0 Å². The first-order chi connectivity index (χ1) is 13.9. The molecule has 0 fully saturated rings. The van der Waals surface area contributed by atoms with Crippen molar-refractivity contribution in [3.63, 3.8) is 0 Å². The van der Waals surface area contributed by atoms with Gasteiger partial charge in [0.1, 0.15) is 12.0 Å². The van der Waals surface area contributed by atoms with Crippen LogP contribution < -0.4 is 18.9 Å². The molecule has 2 aromatic rings. The number of fused-ring (bicyclic) bond motifs is 1.